The van der Waals surface area contributed by atoms with E-state index < -0.39 is 28.1 Å². The van der Waals surface area contributed by atoms with Crippen molar-refractivity contribution in [2.75, 3.05) is 10.8 Å². The van der Waals surface area contributed by atoms with Crippen LogP contribution < -0.4 is 14.4 Å². The molecule has 0 saturated carbocycles. The zero-order valence-corrected chi connectivity index (χ0v) is 20.6. The van der Waals surface area contributed by atoms with Crippen LogP contribution in [0.15, 0.2) is 114 Å². The first-order chi connectivity index (χ1) is 17.4. The van der Waals surface area contributed by atoms with Crippen LogP contribution in [0.3, 0.4) is 0 Å². The number of nitrogens with zero attached hydrogens (tertiary/aromatic N) is 1. The monoisotopic (exact) mass is 498 g/mol. The Morgan fingerprint density at radius 1 is 0.861 bits per heavy atom. The second-order valence-corrected chi connectivity index (χ2v) is 10.5. The van der Waals surface area contributed by atoms with Crippen molar-refractivity contribution in [3.63, 3.8) is 0 Å². The van der Waals surface area contributed by atoms with Crippen LogP contribution in [-0.4, -0.2) is 27.0 Å². The molecule has 1 aliphatic rings. The van der Waals surface area contributed by atoms with Gasteiger partial charge >= 0.3 is 0 Å². The van der Waals surface area contributed by atoms with Crippen LogP contribution in [0.1, 0.15) is 22.7 Å². The van der Waals surface area contributed by atoms with Crippen LogP contribution in [0.5, 0.6) is 5.75 Å². The minimum atomic E-state index is -3.91. The fourth-order valence-corrected chi connectivity index (χ4v) is 5.92. The van der Waals surface area contributed by atoms with Gasteiger partial charge in [-0.15, -0.1) is 0 Å². The standard InChI is InChI=1S/C29H26N2O4S/c1-21-12-8-9-17-24(21)28(22-13-4-2-5-14-22)30-29(32)27-20-31(25-18-10-11-19-26(25)35-27)36(33,34)23-15-6-3-7-16-23/h2-19,27-28H,20H2,1H3,(H,30,32). The van der Waals surface area contributed by atoms with E-state index in [1.807, 2.05) is 61.5 Å². The summed E-state index contributed by atoms with van der Waals surface area (Å²) >= 11 is 0. The molecular weight excluding hydrogens is 472 g/mol. The fraction of sp³-hybridized carbons (Fsp3) is 0.138. The van der Waals surface area contributed by atoms with Crippen LogP contribution >= 0.6 is 0 Å². The van der Waals surface area contributed by atoms with Crippen LogP contribution in [0.4, 0.5) is 5.69 Å². The molecule has 0 bridgehead atoms. The molecule has 2 atom stereocenters. The van der Waals surface area contributed by atoms with Crippen molar-refractivity contribution in [3.8, 4) is 5.75 Å². The molecule has 1 N–H and O–H groups in total. The summed E-state index contributed by atoms with van der Waals surface area (Å²) in [5.74, 6) is -0.0505. The highest BCUT2D eigenvalue weighted by Gasteiger charge is 2.38. The molecule has 5 rings (SSSR count). The molecule has 7 heteroatoms. The lowest BCUT2D eigenvalue weighted by atomic mass is 9.94. The van der Waals surface area contributed by atoms with Gasteiger partial charge in [0.25, 0.3) is 15.9 Å². The van der Waals surface area contributed by atoms with Gasteiger partial charge < -0.3 is 10.1 Å². The Bertz CT molecular complexity index is 1470. The predicted octanol–water partition coefficient (Wildman–Crippen LogP) is 4.86. The fourth-order valence-electron chi connectivity index (χ4n) is 4.42. The van der Waals surface area contributed by atoms with Crippen LogP contribution in [0, 0.1) is 6.92 Å². The molecule has 0 aromatic heterocycles. The summed E-state index contributed by atoms with van der Waals surface area (Å²) in [6.45, 7) is 1.86. The van der Waals surface area contributed by atoms with E-state index in [-0.39, 0.29) is 11.4 Å². The van der Waals surface area contributed by atoms with Gasteiger partial charge in [-0.2, -0.15) is 0 Å². The van der Waals surface area contributed by atoms with E-state index in [2.05, 4.69) is 5.32 Å². The zero-order chi connectivity index (χ0) is 25.1. The van der Waals surface area contributed by atoms with E-state index >= 15 is 0 Å². The Hall–Kier alpha value is -4.10. The summed E-state index contributed by atoms with van der Waals surface area (Å²) in [5.41, 5.74) is 3.32. The van der Waals surface area contributed by atoms with E-state index in [1.54, 1.807) is 54.6 Å². The smallest absolute Gasteiger partial charge is 0.264 e. The SMILES string of the molecule is Cc1ccccc1C(NC(=O)C1CN(S(=O)(=O)c2ccccc2)c2ccccc2O1)c1ccccc1. The van der Waals surface area contributed by atoms with Crippen molar-refractivity contribution in [2.45, 2.75) is 24.0 Å². The predicted molar refractivity (Wildman–Crippen MR) is 139 cm³/mol. The highest BCUT2D eigenvalue weighted by atomic mass is 32.2. The largest absolute Gasteiger partial charge is 0.476 e. The summed E-state index contributed by atoms with van der Waals surface area (Å²) in [5, 5.41) is 3.12. The number of benzene rings is 4. The Morgan fingerprint density at radius 2 is 1.47 bits per heavy atom. The van der Waals surface area contributed by atoms with E-state index in [0.717, 1.165) is 16.7 Å². The van der Waals surface area contributed by atoms with Gasteiger partial charge in [-0.05, 0) is 47.9 Å². The molecule has 36 heavy (non-hydrogen) atoms. The molecule has 0 saturated heterocycles. The van der Waals surface area contributed by atoms with Crippen LogP contribution in [-0.2, 0) is 14.8 Å². The molecule has 4 aromatic rings. The number of amides is 1. The molecule has 2 unspecified atom stereocenters. The molecule has 0 aliphatic carbocycles. The molecule has 1 aliphatic heterocycles. The normalized spacial score (nSPS) is 15.9. The number of carbonyl (C=O) groups excluding carboxylic acids is 1. The second-order valence-electron chi connectivity index (χ2n) is 8.63. The third-order valence-corrected chi connectivity index (χ3v) is 8.07. The average Bonchev–Trinajstić information content (AvgIpc) is 2.92. The Labute approximate surface area is 211 Å². The number of nitrogens with one attached hydrogen (secondary N) is 1. The van der Waals surface area contributed by atoms with Gasteiger partial charge in [-0.3, -0.25) is 9.10 Å². The third kappa shape index (κ3) is 4.57. The minimum absolute atomic E-state index is 0.143. The number of fused-ring (bicyclic) bond motifs is 1. The van der Waals surface area contributed by atoms with Gasteiger partial charge in [0.1, 0.15) is 5.75 Å². The van der Waals surface area contributed by atoms with Crippen molar-refractivity contribution >= 4 is 21.6 Å². The molecule has 1 amide bonds. The van der Waals surface area contributed by atoms with Crippen molar-refractivity contribution in [1.29, 1.82) is 0 Å². The summed E-state index contributed by atoms with van der Waals surface area (Å²) < 4.78 is 34.4. The van der Waals surface area contributed by atoms with Crippen molar-refractivity contribution in [1.82, 2.24) is 5.32 Å². The number of aryl methyl sites for hydroxylation is 1. The maximum absolute atomic E-state index is 13.6. The van der Waals surface area contributed by atoms with Gasteiger partial charge in [0.05, 0.1) is 23.2 Å². The van der Waals surface area contributed by atoms with E-state index in [4.69, 9.17) is 4.74 Å². The number of anilines is 1. The summed E-state index contributed by atoms with van der Waals surface area (Å²) in [6.07, 6.45) is -1.03. The molecule has 1 heterocycles. The molecule has 4 aromatic carbocycles. The number of hydrogen-bond acceptors (Lipinski definition) is 4. The van der Waals surface area contributed by atoms with Gasteiger partial charge in [0.15, 0.2) is 6.10 Å². The first-order valence-corrected chi connectivity index (χ1v) is 13.1. The van der Waals surface area contributed by atoms with E-state index in [0.29, 0.717) is 11.4 Å². The van der Waals surface area contributed by atoms with Crippen molar-refractivity contribution < 1.29 is 17.9 Å². The molecule has 182 valence electrons. The Kier molecular flexibility index (Phi) is 6.48. The third-order valence-electron chi connectivity index (χ3n) is 6.28. The quantitative estimate of drug-likeness (QED) is 0.412. The lowest BCUT2D eigenvalue weighted by molar-refractivity contribution is -0.128. The van der Waals surface area contributed by atoms with Gasteiger partial charge in [0, 0.05) is 0 Å². The number of sulfonamides is 1. The Morgan fingerprint density at radius 3 is 2.19 bits per heavy atom. The van der Waals surface area contributed by atoms with Crippen molar-refractivity contribution in [3.05, 3.63) is 126 Å². The topological polar surface area (TPSA) is 75.7 Å². The number of carbonyl (C=O) groups is 1. The average molecular weight is 499 g/mol. The minimum Gasteiger partial charge on any atom is -0.476 e. The van der Waals surface area contributed by atoms with Crippen molar-refractivity contribution in [2.24, 2.45) is 0 Å². The number of ether oxygens (including phenoxy) is 1. The molecular formula is C29H26N2O4S. The first-order valence-electron chi connectivity index (χ1n) is 11.7. The first kappa shape index (κ1) is 23.6. The lowest BCUT2D eigenvalue weighted by Gasteiger charge is -2.35. The number of para-hydroxylation sites is 2. The van der Waals surface area contributed by atoms with E-state index in [1.165, 1.54) is 4.31 Å². The second kappa shape index (κ2) is 9.87. The van der Waals surface area contributed by atoms with E-state index in [9.17, 15) is 13.2 Å². The number of rotatable bonds is 6. The maximum Gasteiger partial charge on any atom is 0.264 e. The summed E-state index contributed by atoms with van der Waals surface area (Å²) in [7, 11) is -3.91. The summed E-state index contributed by atoms with van der Waals surface area (Å²) in [6, 6.07) is 32.2. The number of hydrogen-bond donors (Lipinski definition) is 1. The summed E-state index contributed by atoms with van der Waals surface area (Å²) in [4.78, 5) is 13.8. The van der Waals surface area contributed by atoms with Crippen LogP contribution in [0.2, 0.25) is 0 Å². The van der Waals surface area contributed by atoms with Gasteiger partial charge in [-0.1, -0.05) is 84.9 Å². The van der Waals surface area contributed by atoms with Gasteiger partial charge in [0.2, 0.25) is 0 Å². The van der Waals surface area contributed by atoms with Crippen LogP contribution in [0.25, 0.3) is 0 Å². The molecule has 0 fully saturated rings. The Balaban J connectivity index is 1.49. The van der Waals surface area contributed by atoms with Gasteiger partial charge in [-0.25, -0.2) is 8.42 Å². The highest BCUT2D eigenvalue weighted by Crippen LogP contribution is 2.37. The maximum atomic E-state index is 13.6. The lowest BCUT2D eigenvalue weighted by Crippen LogP contribution is -2.51. The zero-order valence-electron chi connectivity index (χ0n) is 19.7. The molecule has 0 radical (unpaired) electrons. The molecule has 6 nitrogen and oxygen atoms in total. The molecule has 0 spiro atoms. The highest BCUT2D eigenvalue weighted by molar-refractivity contribution is 7.92.